The largest absolute Gasteiger partial charge is 0.351 e. The molecule has 3 fully saturated rings. The first-order valence-electron chi connectivity index (χ1n) is 13.3. The molecular weight excluding hydrogens is 514 g/mol. The molecule has 0 unspecified atom stereocenters. The van der Waals surface area contributed by atoms with Crippen molar-refractivity contribution in [3.8, 4) is 5.95 Å². The average Bonchev–Trinajstić information content (AvgIpc) is 3.39. The number of aromatic nitrogens is 6. The number of fused-ring (bicyclic) bond motifs is 2. The molecule has 14 heteroatoms. The summed E-state index contributed by atoms with van der Waals surface area (Å²) in [6, 6.07) is 5.19. The van der Waals surface area contributed by atoms with Gasteiger partial charge in [0, 0.05) is 43.3 Å². The quantitative estimate of drug-likeness (QED) is 0.239. The van der Waals surface area contributed by atoms with E-state index >= 15 is 0 Å². The zero-order chi connectivity index (χ0) is 27.4. The molecule has 0 bridgehead atoms. The van der Waals surface area contributed by atoms with E-state index < -0.39 is 11.9 Å². The highest BCUT2D eigenvalue weighted by Crippen LogP contribution is 2.27. The smallest absolute Gasteiger partial charge is 0.326 e. The molecule has 7 rings (SSSR count). The molecular formula is C26H27N11O3. The number of nitrogens with zero attached hydrogens (tertiary/aromatic N) is 8. The summed E-state index contributed by atoms with van der Waals surface area (Å²) >= 11 is 0. The Hall–Kier alpha value is -4.85. The van der Waals surface area contributed by atoms with E-state index in [9.17, 15) is 14.4 Å². The fraction of sp³-hybridized carbons (Fsp3) is 0.346. The van der Waals surface area contributed by atoms with Gasteiger partial charge in [0.1, 0.15) is 12.0 Å². The lowest BCUT2D eigenvalue weighted by atomic mass is 10.1. The molecule has 1 saturated carbocycles. The lowest BCUT2D eigenvalue weighted by Gasteiger charge is -2.34. The molecule has 2 aliphatic heterocycles. The van der Waals surface area contributed by atoms with E-state index in [4.69, 9.17) is 9.97 Å². The van der Waals surface area contributed by atoms with Crippen LogP contribution in [-0.4, -0.2) is 95.5 Å². The third-order valence-electron chi connectivity index (χ3n) is 7.43. The Labute approximate surface area is 228 Å². The normalized spacial score (nSPS) is 19.0. The Kier molecular flexibility index (Phi) is 5.70. The molecule has 4 amide bonds. The van der Waals surface area contributed by atoms with Crippen molar-refractivity contribution in [3.63, 3.8) is 0 Å². The van der Waals surface area contributed by atoms with Gasteiger partial charge in [-0.25, -0.2) is 9.78 Å². The van der Waals surface area contributed by atoms with Crippen molar-refractivity contribution in [2.24, 2.45) is 0 Å². The molecule has 3 N–H and O–H groups in total. The second kappa shape index (κ2) is 9.41. The van der Waals surface area contributed by atoms with Crippen LogP contribution in [0, 0.1) is 0 Å². The first kappa shape index (κ1) is 24.2. The van der Waals surface area contributed by atoms with Gasteiger partial charge < -0.3 is 20.4 Å². The van der Waals surface area contributed by atoms with Crippen molar-refractivity contribution in [3.05, 3.63) is 47.5 Å². The molecule has 14 nitrogen and oxygen atoms in total. The van der Waals surface area contributed by atoms with Crippen LogP contribution >= 0.6 is 0 Å². The second-order valence-electron chi connectivity index (χ2n) is 10.1. The second-order valence-corrected chi connectivity index (χ2v) is 10.1. The number of rotatable bonds is 6. The van der Waals surface area contributed by atoms with Gasteiger partial charge in [0.2, 0.25) is 11.9 Å². The summed E-state index contributed by atoms with van der Waals surface area (Å²) in [7, 11) is 0. The lowest BCUT2D eigenvalue weighted by molar-refractivity contribution is -0.115. The Balaban J connectivity index is 1.25. The van der Waals surface area contributed by atoms with E-state index in [1.54, 1.807) is 27.7 Å². The molecule has 204 valence electrons. The molecule has 4 aromatic rings. The average molecular weight is 542 g/mol. The number of nitrogens with one attached hydrogen (secondary N) is 3. The summed E-state index contributed by atoms with van der Waals surface area (Å²) < 4.78 is 3.34. The van der Waals surface area contributed by atoms with Gasteiger partial charge in [-0.05, 0) is 43.7 Å². The highest BCUT2D eigenvalue weighted by molar-refractivity contribution is 6.14. The number of hydrogen-bond donors (Lipinski definition) is 3. The Morgan fingerprint density at radius 1 is 1.12 bits per heavy atom. The highest BCUT2D eigenvalue weighted by atomic mass is 16.2. The van der Waals surface area contributed by atoms with Gasteiger partial charge in [-0.15, -0.1) is 0 Å². The number of hydrogen-bond acceptors (Lipinski definition) is 9. The van der Waals surface area contributed by atoms with Crippen LogP contribution in [0.1, 0.15) is 35.7 Å². The molecule has 0 radical (unpaired) electrons. The molecule has 40 heavy (non-hydrogen) atoms. The minimum Gasteiger partial charge on any atom is -0.351 e. The van der Waals surface area contributed by atoms with Gasteiger partial charge in [0.05, 0.1) is 17.2 Å². The van der Waals surface area contributed by atoms with Crippen LogP contribution in [0.15, 0.2) is 36.4 Å². The number of carbonyl (C=O) groups is 3. The number of likely N-dealkylation sites (N-methyl/N-ethyl adjacent to an activating group) is 1. The molecule has 3 aliphatic rings. The van der Waals surface area contributed by atoms with E-state index in [1.807, 2.05) is 17.0 Å². The number of anilines is 1. The maximum absolute atomic E-state index is 13.2. The van der Waals surface area contributed by atoms with Gasteiger partial charge >= 0.3 is 6.03 Å². The minimum atomic E-state index is -0.579. The van der Waals surface area contributed by atoms with Crippen molar-refractivity contribution in [2.45, 2.75) is 25.8 Å². The lowest BCUT2D eigenvalue weighted by Crippen LogP contribution is -2.48. The zero-order valence-electron chi connectivity index (χ0n) is 21.8. The van der Waals surface area contributed by atoms with E-state index in [-0.39, 0.29) is 11.6 Å². The number of urea groups is 1. The first-order chi connectivity index (χ1) is 19.5. The Morgan fingerprint density at radius 2 is 1.95 bits per heavy atom. The van der Waals surface area contributed by atoms with Crippen LogP contribution in [0.3, 0.4) is 0 Å². The van der Waals surface area contributed by atoms with Crippen LogP contribution in [0.5, 0.6) is 0 Å². The third kappa shape index (κ3) is 4.31. The van der Waals surface area contributed by atoms with Crippen LogP contribution in [0.4, 0.5) is 10.7 Å². The summed E-state index contributed by atoms with van der Waals surface area (Å²) in [4.78, 5) is 55.1. The SMILES string of the molecule is CCN1CCN(C(=O)c2ccc3c(c2)ncn3-c2nc(NC3CC3)n3ncc(/C=C4/NC(=O)NC4=O)c3n2)CC1. The topological polar surface area (TPSA) is 155 Å². The molecule has 5 heterocycles. The van der Waals surface area contributed by atoms with Gasteiger partial charge in [-0.2, -0.15) is 19.6 Å². The Morgan fingerprint density at radius 3 is 2.67 bits per heavy atom. The first-order valence-corrected chi connectivity index (χ1v) is 13.3. The number of benzene rings is 1. The van der Waals surface area contributed by atoms with Crippen LogP contribution < -0.4 is 16.0 Å². The number of imide groups is 1. The van der Waals surface area contributed by atoms with Crippen LogP contribution in [0.25, 0.3) is 28.7 Å². The zero-order valence-corrected chi connectivity index (χ0v) is 21.8. The van der Waals surface area contributed by atoms with Crippen molar-refractivity contribution < 1.29 is 14.4 Å². The van der Waals surface area contributed by atoms with E-state index in [0.29, 0.717) is 53.3 Å². The third-order valence-corrected chi connectivity index (χ3v) is 7.43. The van der Waals surface area contributed by atoms with Gasteiger partial charge in [-0.1, -0.05) is 6.92 Å². The van der Waals surface area contributed by atoms with Crippen LogP contribution in [-0.2, 0) is 4.79 Å². The highest BCUT2D eigenvalue weighted by Gasteiger charge is 2.27. The number of carbonyl (C=O) groups excluding carboxylic acids is 3. The van der Waals surface area contributed by atoms with E-state index in [2.05, 4.69) is 37.9 Å². The fourth-order valence-corrected chi connectivity index (χ4v) is 4.99. The Bertz CT molecular complexity index is 1710. The summed E-state index contributed by atoms with van der Waals surface area (Å²) in [5.41, 5.74) is 3.09. The molecule has 1 aromatic carbocycles. The van der Waals surface area contributed by atoms with Crippen molar-refractivity contribution in [1.29, 1.82) is 0 Å². The molecule has 0 atom stereocenters. The predicted molar refractivity (Wildman–Crippen MR) is 145 cm³/mol. The minimum absolute atomic E-state index is 0.000715. The molecule has 2 saturated heterocycles. The summed E-state index contributed by atoms with van der Waals surface area (Å²) in [5.74, 6) is 0.342. The number of imidazole rings is 1. The molecule has 1 aliphatic carbocycles. The van der Waals surface area contributed by atoms with Gasteiger partial charge in [0.25, 0.3) is 11.8 Å². The van der Waals surface area contributed by atoms with Crippen molar-refractivity contribution in [2.75, 3.05) is 38.0 Å². The fourth-order valence-electron chi connectivity index (χ4n) is 4.99. The van der Waals surface area contributed by atoms with Gasteiger partial charge in [-0.3, -0.25) is 19.5 Å². The van der Waals surface area contributed by atoms with Gasteiger partial charge in [0.15, 0.2) is 5.65 Å². The summed E-state index contributed by atoms with van der Waals surface area (Å²) in [6.07, 6.45) is 6.79. The molecule has 3 aromatic heterocycles. The summed E-state index contributed by atoms with van der Waals surface area (Å²) in [5, 5.41) is 12.5. The standard InChI is InChI=1S/C26H27N11O3/c1-2-34-7-9-35(10-8-34)23(39)15-3-6-20-18(11-15)27-14-36(20)24-31-21-16(12-19-22(38)32-26(40)30-19)13-28-37(21)25(33-24)29-17-4-5-17/h3,6,11-14,17H,2,4-5,7-10H2,1H3,(H,29,31,33)(H2,30,32,38,40)/b19-12+. The predicted octanol–water partition coefficient (Wildman–Crippen LogP) is 0.996. The maximum Gasteiger partial charge on any atom is 0.326 e. The van der Waals surface area contributed by atoms with Crippen molar-refractivity contribution >= 4 is 46.6 Å². The summed E-state index contributed by atoms with van der Waals surface area (Å²) in [6.45, 7) is 6.28. The molecule has 0 spiro atoms. The monoisotopic (exact) mass is 541 g/mol. The van der Waals surface area contributed by atoms with E-state index in [0.717, 1.165) is 38.0 Å². The van der Waals surface area contributed by atoms with Crippen LogP contribution in [0.2, 0.25) is 0 Å². The van der Waals surface area contributed by atoms with Crippen molar-refractivity contribution in [1.82, 2.24) is 49.6 Å². The number of amides is 4. The number of piperazine rings is 1. The van der Waals surface area contributed by atoms with E-state index in [1.165, 1.54) is 6.08 Å². The maximum atomic E-state index is 13.2.